The maximum atomic E-state index is 5.43. The molecule has 9 nitrogen and oxygen atoms in total. The molecular weight excluding hydrogens is 545 g/mol. The number of nitrogens with zero attached hydrogens (tertiary/aromatic N) is 4. The summed E-state index contributed by atoms with van der Waals surface area (Å²) in [5.74, 6) is 3.16. The number of anilines is 1. The SMILES string of the molecule is CCNC(=NCc1cccc(-c2ncn[nH]2)c1)NC1CCN(c2cc(OC)cc(OC)c2)C1.I. The summed E-state index contributed by atoms with van der Waals surface area (Å²) in [6, 6.07) is 14.5. The first-order valence-electron chi connectivity index (χ1n) is 11.2. The summed E-state index contributed by atoms with van der Waals surface area (Å²) >= 11 is 0. The van der Waals surface area contributed by atoms with Crippen LogP contribution in [0.2, 0.25) is 0 Å². The van der Waals surface area contributed by atoms with Crippen molar-refractivity contribution >= 4 is 35.6 Å². The van der Waals surface area contributed by atoms with Crippen LogP contribution in [-0.4, -0.2) is 61.0 Å². The number of hydrogen-bond acceptors (Lipinski definition) is 6. The van der Waals surface area contributed by atoms with Gasteiger partial charge in [0.25, 0.3) is 0 Å². The Hall–Kier alpha value is -3.02. The number of rotatable bonds is 8. The summed E-state index contributed by atoms with van der Waals surface area (Å²) in [7, 11) is 3.35. The van der Waals surface area contributed by atoms with Gasteiger partial charge in [-0.2, -0.15) is 5.10 Å². The Kier molecular flexibility index (Phi) is 9.37. The maximum absolute atomic E-state index is 5.43. The van der Waals surface area contributed by atoms with Crippen molar-refractivity contribution in [2.24, 2.45) is 4.99 Å². The molecule has 2 heterocycles. The monoisotopic (exact) mass is 577 g/mol. The molecule has 0 aliphatic carbocycles. The third-order valence-corrected chi connectivity index (χ3v) is 5.61. The number of H-pyrrole nitrogens is 1. The molecule has 2 aromatic carbocycles. The van der Waals surface area contributed by atoms with E-state index < -0.39 is 0 Å². The summed E-state index contributed by atoms with van der Waals surface area (Å²) in [5.41, 5.74) is 3.21. The lowest BCUT2D eigenvalue weighted by Crippen LogP contribution is -2.44. The molecule has 0 saturated carbocycles. The van der Waals surface area contributed by atoms with E-state index in [9.17, 15) is 0 Å². The molecule has 0 radical (unpaired) electrons. The minimum absolute atomic E-state index is 0. The molecular formula is C24H32IN7O2. The number of methoxy groups -OCH3 is 2. The molecule has 3 aromatic rings. The van der Waals surface area contributed by atoms with E-state index in [1.54, 1.807) is 14.2 Å². The van der Waals surface area contributed by atoms with Crippen LogP contribution in [0.4, 0.5) is 5.69 Å². The van der Waals surface area contributed by atoms with Crippen LogP contribution in [0.1, 0.15) is 18.9 Å². The number of hydrogen-bond donors (Lipinski definition) is 3. The quantitative estimate of drug-likeness (QED) is 0.214. The molecule has 1 saturated heterocycles. The Morgan fingerprint density at radius 2 is 1.97 bits per heavy atom. The van der Waals surface area contributed by atoms with Crippen molar-refractivity contribution in [3.63, 3.8) is 0 Å². The van der Waals surface area contributed by atoms with Gasteiger partial charge in [-0.25, -0.2) is 9.98 Å². The average molecular weight is 577 g/mol. The summed E-state index contributed by atoms with van der Waals surface area (Å²) in [5, 5.41) is 13.8. The van der Waals surface area contributed by atoms with Crippen molar-refractivity contribution in [3.05, 3.63) is 54.4 Å². The molecule has 10 heteroatoms. The van der Waals surface area contributed by atoms with E-state index in [1.165, 1.54) is 6.33 Å². The molecule has 1 aromatic heterocycles. The summed E-state index contributed by atoms with van der Waals surface area (Å²) < 4.78 is 10.9. The van der Waals surface area contributed by atoms with E-state index >= 15 is 0 Å². The molecule has 3 N–H and O–H groups in total. The van der Waals surface area contributed by atoms with E-state index in [0.717, 1.165) is 66.2 Å². The Balaban J connectivity index is 0.00000324. The third kappa shape index (κ3) is 6.52. The Labute approximate surface area is 217 Å². The van der Waals surface area contributed by atoms with Crippen molar-refractivity contribution in [1.29, 1.82) is 0 Å². The summed E-state index contributed by atoms with van der Waals surface area (Å²) in [6.07, 6.45) is 2.53. The topological polar surface area (TPSA) is 99.7 Å². The van der Waals surface area contributed by atoms with Gasteiger partial charge in [-0.15, -0.1) is 24.0 Å². The van der Waals surface area contributed by atoms with Gasteiger partial charge in [-0.3, -0.25) is 5.10 Å². The third-order valence-electron chi connectivity index (χ3n) is 5.61. The number of ether oxygens (including phenoxy) is 2. The average Bonchev–Trinajstić information content (AvgIpc) is 3.55. The first-order valence-corrected chi connectivity index (χ1v) is 11.2. The number of aliphatic imine (C=N–C) groups is 1. The fourth-order valence-electron chi connectivity index (χ4n) is 3.93. The molecule has 1 atom stereocenters. The van der Waals surface area contributed by atoms with Gasteiger partial charge in [0, 0.05) is 55.1 Å². The number of guanidine groups is 1. The molecule has 0 bridgehead atoms. The van der Waals surface area contributed by atoms with Gasteiger partial charge in [-0.05, 0) is 25.0 Å². The minimum atomic E-state index is 0. The number of nitrogens with one attached hydrogen (secondary N) is 3. The molecule has 182 valence electrons. The number of benzene rings is 2. The Morgan fingerprint density at radius 3 is 2.65 bits per heavy atom. The first-order chi connectivity index (χ1) is 16.2. The van der Waals surface area contributed by atoms with Gasteiger partial charge in [0.2, 0.25) is 0 Å². The van der Waals surface area contributed by atoms with Crippen molar-refractivity contribution in [3.8, 4) is 22.9 Å². The van der Waals surface area contributed by atoms with Gasteiger partial charge < -0.3 is 25.0 Å². The lowest BCUT2D eigenvalue weighted by atomic mass is 10.1. The first kappa shape index (κ1) is 25.6. The van der Waals surface area contributed by atoms with Gasteiger partial charge in [0.05, 0.1) is 20.8 Å². The summed E-state index contributed by atoms with van der Waals surface area (Å²) in [6.45, 7) is 5.27. The highest BCUT2D eigenvalue weighted by atomic mass is 127. The van der Waals surface area contributed by atoms with Crippen LogP contribution in [0.15, 0.2) is 53.8 Å². The van der Waals surface area contributed by atoms with Gasteiger partial charge >= 0.3 is 0 Å². The van der Waals surface area contributed by atoms with Crippen LogP contribution in [0, 0.1) is 0 Å². The second-order valence-corrected chi connectivity index (χ2v) is 7.88. The molecule has 1 fully saturated rings. The van der Waals surface area contributed by atoms with E-state index in [1.807, 2.05) is 30.3 Å². The fourth-order valence-corrected chi connectivity index (χ4v) is 3.93. The zero-order valence-corrected chi connectivity index (χ0v) is 22.1. The standard InChI is InChI=1S/C24H31N7O2.HI/c1-4-25-24(26-14-17-6-5-7-18(10-17)23-27-16-28-30-23)29-19-8-9-31(15-19)20-11-21(32-2)13-22(12-20)33-3;/h5-7,10-13,16,19H,4,8-9,14-15H2,1-3H3,(H2,25,26,29)(H,27,28,30);1H. The van der Waals surface area contributed by atoms with E-state index in [0.29, 0.717) is 12.6 Å². The van der Waals surface area contributed by atoms with Crippen LogP contribution in [0.25, 0.3) is 11.4 Å². The maximum Gasteiger partial charge on any atom is 0.191 e. The zero-order valence-electron chi connectivity index (χ0n) is 19.7. The second-order valence-electron chi connectivity index (χ2n) is 7.88. The van der Waals surface area contributed by atoms with Crippen LogP contribution < -0.4 is 25.0 Å². The van der Waals surface area contributed by atoms with Gasteiger partial charge in [0.15, 0.2) is 11.8 Å². The molecule has 1 aliphatic heterocycles. The minimum Gasteiger partial charge on any atom is -0.497 e. The largest absolute Gasteiger partial charge is 0.497 e. The molecule has 0 amide bonds. The predicted octanol–water partition coefficient (Wildman–Crippen LogP) is 3.44. The van der Waals surface area contributed by atoms with E-state index in [4.69, 9.17) is 14.5 Å². The van der Waals surface area contributed by atoms with E-state index in [2.05, 4.69) is 49.8 Å². The smallest absolute Gasteiger partial charge is 0.191 e. The van der Waals surface area contributed by atoms with Crippen molar-refractivity contribution in [2.45, 2.75) is 25.9 Å². The van der Waals surface area contributed by atoms with Crippen LogP contribution in [-0.2, 0) is 6.54 Å². The predicted molar refractivity (Wildman–Crippen MR) is 145 cm³/mol. The second kappa shape index (κ2) is 12.4. The fraction of sp³-hybridized carbons (Fsp3) is 0.375. The normalized spacial score (nSPS) is 15.6. The Morgan fingerprint density at radius 1 is 1.18 bits per heavy atom. The summed E-state index contributed by atoms with van der Waals surface area (Å²) in [4.78, 5) is 11.4. The van der Waals surface area contributed by atoms with Crippen molar-refractivity contribution in [1.82, 2.24) is 25.8 Å². The van der Waals surface area contributed by atoms with Gasteiger partial charge in [0.1, 0.15) is 17.8 Å². The highest BCUT2D eigenvalue weighted by Gasteiger charge is 2.24. The van der Waals surface area contributed by atoms with Crippen LogP contribution in [0.3, 0.4) is 0 Å². The molecule has 34 heavy (non-hydrogen) atoms. The van der Waals surface area contributed by atoms with E-state index in [-0.39, 0.29) is 24.0 Å². The highest BCUT2D eigenvalue weighted by Crippen LogP contribution is 2.30. The zero-order chi connectivity index (χ0) is 23.0. The van der Waals surface area contributed by atoms with Crippen molar-refractivity contribution in [2.75, 3.05) is 38.8 Å². The van der Waals surface area contributed by atoms with Gasteiger partial charge in [-0.1, -0.05) is 18.2 Å². The lowest BCUT2D eigenvalue weighted by Gasteiger charge is -2.21. The molecule has 1 unspecified atom stereocenters. The van der Waals surface area contributed by atoms with Crippen LogP contribution >= 0.6 is 24.0 Å². The number of aromatic amines is 1. The number of aromatic nitrogens is 3. The van der Waals surface area contributed by atoms with Crippen molar-refractivity contribution < 1.29 is 9.47 Å². The molecule has 0 spiro atoms. The molecule has 4 rings (SSSR count). The molecule has 1 aliphatic rings. The highest BCUT2D eigenvalue weighted by molar-refractivity contribution is 14.0. The number of halogens is 1. The Bertz CT molecular complexity index is 1050. The van der Waals surface area contributed by atoms with Crippen LogP contribution in [0.5, 0.6) is 11.5 Å². The lowest BCUT2D eigenvalue weighted by molar-refractivity contribution is 0.394.